The Labute approximate surface area is 266 Å². The number of rotatable bonds is 9. The number of aromatic nitrogens is 4. The normalized spacial score (nSPS) is 23.7. The summed E-state index contributed by atoms with van der Waals surface area (Å²) in [4.78, 5) is 26.3. The maximum Gasteiger partial charge on any atom is 0.256 e. The molecule has 5 rings (SSSR count). The number of nitrogens with zero attached hydrogens (tertiary/aromatic N) is 4. The van der Waals surface area contributed by atoms with Crippen LogP contribution in [0.3, 0.4) is 0 Å². The predicted octanol–water partition coefficient (Wildman–Crippen LogP) is 6.42. The molecule has 0 aliphatic carbocycles. The summed E-state index contributed by atoms with van der Waals surface area (Å²) in [6.07, 6.45) is -1.43. The molecule has 2 aliphatic rings. The molecule has 3 aromatic rings. The lowest BCUT2D eigenvalue weighted by atomic mass is 10.1. The fourth-order valence-corrected chi connectivity index (χ4v) is 9.33. The third-order valence-electron chi connectivity index (χ3n) is 8.22. The van der Waals surface area contributed by atoms with Gasteiger partial charge in [-0.3, -0.25) is 9.36 Å². The van der Waals surface area contributed by atoms with E-state index in [2.05, 4.69) is 72.1 Å². The van der Waals surface area contributed by atoms with Gasteiger partial charge in [-0.15, -0.1) is 5.54 Å². The Balaban J connectivity index is 1.55. The van der Waals surface area contributed by atoms with Gasteiger partial charge in [-0.1, -0.05) is 64.5 Å². The van der Waals surface area contributed by atoms with Crippen LogP contribution in [0.25, 0.3) is 11.2 Å². The van der Waals surface area contributed by atoms with E-state index < -0.39 is 52.8 Å². The van der Waals surface area contributed by atoms with Crippen molar-refractivity contribution in [2.24, 2.45) is 0 Å². The molecular weight excluding hydrogens is 614 g/mol. The smallest absolute Gasteiger partial charge is 0.256 e. The summed E-state index contributed by atoms with van der Waals surface area (Å²) in [6.45, 7) is 17.0. The molecular formula is C31H42ClN5O5Si2. The van der Waals surface area contributed by atoms with Crippen LogP contribution in [0.15, 0.2) is 36.7 Å². The molecule has 0 bridgehead atoms. The maximum atomic E-state index is 12.9. The molecule has 0 spiro atoms. The third-order valence-corrected chi connectivity index (χ3v) is 14.0. The van der Waals surface area contributed by atoms with Crippen LogP contribution in [-0.2, 0) is 18.6 Å². The zero-order chi connectivity index (χ0) is 31.9. The average molecular weight is 656 g/mol. The third kappa shape index (κ3) is 6.65. The summed E-state index contributed by atoms with van der Waals surface area (Å²) >= 11 is 6.80. The summed E-state index contributed by atoms with van der Waals surface area (Å²) in [5.41, 5.74) is 4.75. The van der Waals surface area contributed by atoms with E-state index in [9.17, 15) is 4.79 Å². The Kier molecular flexibility index (Phi) is 9.40. The fraction of sp³-hybridized carbons (Fsp3) is 0.548. The average Bonchev–Trinajstić information content (AvgIpc) is 3.61. The first-order valence-electron chi connectivity index (χ1n) is 15.3. The predicted molar refractivity (Wildman–Crippen MR) is 176 cm³/mol. The molecule has 1 aromatic carbocycles. The number of hydrogen-bond acceptors (Lipinski definition) is 8. The number of imidazole rings is 1. The van der Waals surface area contributed by atoms with Crippen molar-refractivity contribution in [3.05, 3.63) is 47.5 Å². The molecule has 1 amide bonds. The van der Waals surface area contributed by atoms with Gasteiger partial charge in [0.1, 0.15) is 38.8 Å². The van der Waals surface area contributed by atoms with Crippen LogP contribution in [0.2, 0.25) is 43.1 Å². The SMILES string of the molecule is CC[Si](CC)(CC)O[C@H](C#C[Si](C)(C)C)[C@H]1O[C@@H](n2c(Cl)nc3c(NC(=O)c4ccccc4)ncnc32)[C@@H]2OC(C)(C)O[C@@H]21. The first kappa shape index (κ1) is 32.7. The summed E-state index contributed by atoms with van der Waals surface area (Å²) in [6, 6.07) is 11.8. The Hall–Kier alpha value is -2.64. The number of amides is 1. The standard InChI is InChI=1S/C31H42ClN5O5Si2/c1-9-44(10-2,11-3)42-21(17-18-43(6,7)8)23-24-25(41-31(4,5)40-24)29(39-23)37-27-22(35-30(37)32)26(33-19-34-27)36-28(38)20-15-13-12-14-16-20/h12-16,19,21,23-25,29H,9-11H2,1-8H3,(H,33,34,36,38)/t21-,23-,24-,25-,29-/m1/s1. The van der Waals surface area contributed by atoms with Crippen LogP contribution >= 0.6 is 11.6 Å². The van der Waals surface area contributed by atoms with E-state index in [0.29, 0.717) is 16.7 Å². The summed E-state index contributed by atoms with van der Waals surface area (Å²) < 4.78 is 28.4. The molecule has 0 radical (unpaired) electrons. The Morgan fingerprint density at radius 2 is 1.75 bits per heavy atom. The fourth-order valence-electron chi connectivity index (χ4n) is 5.76. The van der Waals surface area contributed by atoms with Crippen molar-refractivity contribution in [1.82, 2.24) is 19.5 Å². The molecule has 0 saturated carbocycles. The van der Waals surface area contributed by atoms with E-state index in [4.69, 9.17) is 30.2 Å². The number of benzene rings is 1. The zero-order valence-electron chi connectivity index (χ0n) is 26.7. The van der Waals surface area contributed by atoms with Crippen molar-refractivity contribution in [1.29, 1.82) is 0 Å². The molecule has 44 heavy (non-hydrogen) atoms. The number of hydrogen-bond donors (Lipinski definition) is 1. The molecule has 236 valence electrons. The quantitative estimate of drug-likeness (QED) is 0.160. The van der Waals surface area contributed by atoms with E-state index in [0.717, 1.165) is 18.1 Å². The Morgan fingerprint density at radius 3 is 2.39 bits per heavy atom. The summed E-state index contributed by atoms with van der Waals surface area (Å²) in [7, 11) is -3.83. The molecule has 1 N–H and O–H groups in total. The largest absolute Gasteiger partial charge is 0.401 e. The van der Waals surface area contributed by atoms with Gasteiger partial charge in [-0.05, 0) is 55.7 Å². The van der Waals surface area contributed by atoms with Crippen molar-refractivity contribution in [2.45, 2.75) is 109 Å². The van der Waals surface area contributed by atoms with Crippen LogP contribution in [0, 0.1) is 11.5 Å². The second-order valence-corrected chi connectivity index (χ2v) is 22.6. The topological polar surface area (TPSA) is 110 Å². The van der Waals surface area contributed by atoms with Gasteiger partial charge in [0.2, 0.25) is 5.28 Å². The first-order valence-corrected chi connectivity index (χ1v) is 21.7. The Bertz CT molecular complexity index is 1560. The highest BCUT2D eigenvalue weighted by Gasteiger charge is 2.59. The highest BCUT2D eigenvalue weighted by molar-refractivity contribution is 6.83. The van der Waals surface area contributed by atoms with Gasteiger partial charge >= 0.3 is 0 Å². The lowest BCUT2D eigenvalue weighted by Gasteiger charge is -2.35. The van der Waals surface area contributed by atoms with Crippen LogP contribution in [-0.4, -0.2) is 72.0 Å². The van der Waals surface area contributed by atoms with E-state index in [-0.39, 0.29) is 17.0 Å². The van der Waals surface area contributed by atoms with Crippen molar-refractivity contribution >= 4 is 50.9 Å². The van der Waals surface area contributed by atoms with Crippen LogP contribution in [0.1, 0.15) is 51.2 Å². The van der Waals surface area contributed by atoms with Gasteiger partial charge < -0.3 is 24.0 Å². The maximum absolute atomic E-state index is 12.9. The van der Waals surface area contributed by atoms with Crippen LogP contribution in [0.5, 0.6) is 0 Å². The van der Waals surface area contributed by atoms with Gasteiger partial charge in [0.15, 0.2) is 37.3 Å². The van der Waals surface area contributed by atoms with E-state index >= 15 is 0 Å². The molecule has 2 fully saturated rings. The van der Waals surface area contributed by atoms with Gasteiger partial charge in [-0.25, -0.2) is 15.0 Å². The van der Waals surface area contributed by atoms with Gasteiger partial charge in [0, 0.05) is 5.56 Å². The molecule has 0 unspecified atom stereocenters. The number of ether oxygens (including phenoxy) is 3. The molecule has 13 heteroatoms. The summed E-state index contributed by atoms with van der Waals surface area (Å²) in [5, 5.41) is 2.97. The monoisotopic (exact) mass is 655 g/mol. The van der Waals surface area contributed by atoms with Crippen molar-refractivity contribution < 1.29 is 23.4 Å². The second-order valence-electron chi connectivity index (χ2n) is 12.8. The molecule has 10 nitrogen and oxygen atoms in total. The van der Waals surface area contributed by atoms with E-state index in [1.807, 2.05) is 19.9 Å². The minimum Gasteiger partial charge on any atom is -0.401 e. The van der Waals surface area contributed by atoms with Gasteiger partial charge in [0.05, 0.1) is 0 Å². The van der Waals surface area contributed by atoms with E-state index in [1.54, 1.807) is 28.8 Å². The van der Waals surface area contributed by atoms with Gasteiger partial charge in [-0.2, -0.15) is 0 Å². The molecule has 2 saturated heterocycles. The van der Waals surface area contributed by atoms with Crippen molar-refractivity contribution in [3.8, 4) is 11.5 Å². The number of nitrogens with one attached hydrogen (secondary N) is 1. The molecule has 2 aromatic heterocycles. The number of fused-ring (bicyclic) bond motifs is 2. The van der Waals surface area contributed by atoms with Gasteiger partial charge in [0.25, 0.3) is 5.91 Å². The highest BCUT2D eigenvalue weighted by Crippen LogP contribution is 2.46. The lowest BCUT2D eigenvalue weighted by Crippen LogP contribution is -2.47. The van der Waals surface area contributed by atoms with Crippen molar-refractivity contribution in [3.63, 3.8) is 0 Å². The van der Waals surface area contributed by atoms with Crippen molar-refractivity contribution in [2.75, 3.05) is 5.32 Å². The number of halogens is 1. The minimum atomic E-state index is -2.09. The lowest BCUT2D eigenvalue weighted by molar-refractivity contribution is -0.202. The highest BCUT2D eigenvalue weighted by atomic mass is 35.5. The molecule has 2 aliphatic heterocycles. The zero-order valence-corrected chi connectivity index (χ0v) is 29.4. The Morgan fingerprint density at radius 1 is 1.09 bits per heavy atom. The van der Waals surface area contributed by atoms with E-state index in [1.165, 1.54) is 6.33 Å². The summed E-state index contributed by atoms with van der Waals surface area (Å²) in [5.74, 6) is 2.55. The number of carbonyl (C=O) groups excluding carboxylic acids is 1. The van der Waals surface area contributed by atoms with Crippen LogP contribution in [0.4, 0.5) is 5.82 Å². The number of anilines is 1. The molecule has 4 heterocycles. The minimum absolute atomic E-state index is 0.124. The first-order chi connectivity index (χ1) is 20.8. The second kappa shape index (κ2) is 12.6. The number of carbonyl (C=O) groups is 1. The van der Waals surface area contributed by atoms with Crippen LogP contribution < -0.4 is 5.32 Å². The molecule has 5 atom stereocenters.